The van der Waals surface area contributed by atoms with Gasteiger partial charge in [0.05, 0.1) is 31.0 Å². The molecule has 0 radical (unpaired) electrons. The van der Waals surface area contributed by atoms with E-state index in [-0.39, 0.29) is 11.5 Å². The number of rotatable bonds is 9. The quantitative estimate of drug-likeness (QED) is 0.346. The molecule has 0 saturated heterocycles. The van der Waals surface area contributed by atoms with Crippen LogP contribution in [0.4, 0.5) is 9.59 Å². The van der Waals surface area contributed by atoms with Crippen molar-refractivity contribution >= 4 is 24.1 Å². The Hall–Kier alpha value is -4.12. The molecule has 0 saturated carbocycles. The molecular formula is C25H31N3O8. The number of ether oxygens (including phenoxy) is 4. The van der Waals surface area contributed by atoms with E-state index in [0.29, 0.717) is 24.0 Å². The van der Waals surface area contributed by atoms with Crippen LogP contribution in [0.3, 0.4) is 0 Å². The lowest BCUT2D eigenvalue weighted by atomic mass is 9.93. The van der Waals surface area contributed by atoms with Gasteiger partial charge in [0.15, 0.2) is 0 Å². The third-order valence-electron chi connectivity index (χ3n) is 5.07. The predicted molar refractivity (Wildman–Crippen MR) is 130 cm³/mol. The molecule has 2 aromatic carbocycles. The highest BCUT2D eigenvalue weighted by Crippen LogP contribution is 2.19. The number of esters is 2. The molecule has 194 valence electrons. The van der Waals surface area contributed by atoms with Crippen molar-refractivity contribution in [2.45, 2.75) is 44.8 Å². The zero-order valence-electron chi connectivity index (χ0n) is 20.9. The first kappa shape index (κ1) is 28.1. The monoisotopic (exact) mass is 501 g/mol. The van der Waals surface area contributed by atoms with Crippen molar-refractivity contribution in [2.24, 2.45) is 5.73 Å². The van der Waals surface area contributed by atoms with Crippen molar-refractivity contribution < 1.29 is 38.1 Å². The van der Waals surface area contributed by atoms with Crippen molar-refractivity contribution in [2.75, 3.05) is 14.2 Å². The molecule has 11 nitrogen and oxygen atoms in total. The molecule has 2 aromatic rings. The highest BCUT2D eigenvalue weighted by Gasteiger charge is 2.28. The zero-order valence-corrected chi connectivity index (χ0v) is 20.9. The average molecular weight is 502 g/mol. The Kier molecular flexibility index (Phi) is 9.39. The minimum absolute atomic E-state index is 0.223. The highest BCUT2D eigenvalue weighted by molar-refractivity contribution is 5.90. The first-order valence-corrected chi connectivity index (χ1v) is 11.0. The van der Waals surface area contributed by atoms with Crippen LogP contribution in [0, 0.1) is 0 Å². The van der Waals surface area contributed by atoms with Crippen LogP contribution >= 0.6 is 0 Å². The van der Waals surface area contributed by atoms with Gasteiger partial charge in [0.2, 0.25) is 0 Å². The van der Waals surface area contributed by atoms with Gasteiger partial charge in [0.1, 0.15) is 11.5 Å². The number of methoxy groups -OCH3 is 2. The number of benzene rings is 2. The summed E-state index contributed by atoms with van der Waals surface area (Å²) in [5.41, 5.74) is 4.99. The summed E-state index contributed by atoms with van der Waals surface area (Å²) >= 11 is 0. The van der Waals surface area contributed by atoms with Crippen LogP contribution in [-0.4, -0.2) is 49.5 Å². The Bertz CT molecular complexity index is 992. The Labute approximate surface area is 209 Å². The molecule has 1 atom stereocenters. The summed E-state index contributed by atoms with van der Waals surface area (Å²) in [6.45, 7) is 5.18. The Balaban J connectivity index is 1.83. The molecule has 36 heavy (non-hydrogen) atoms. The van der Waals surface area contributed by atoms with Gasteiger partial charge in [-0.3, -0.25) is 0 Å². The fraction of sp³-hybridized carbons (Fsp3) is 0.360. The van der Waals surface area contributed by atoms with E-state index in [0.717, 1.165) is 0 Å². The van der Waals surface area contributed by atoms with E-state index in [9.17, 15) is 19.2 Å². The molecular weight excluding hydrogens is 470 g/mol. The Morgan fingerprint density at radius 2 is 1.08 bits per heavy atom. The fourth-order valence-corrected chi connectivity index (χ4v) is 3.03. The Morgan fingerprint density at radius 1 is 0.694 bits per heavy atom. The van der Waals surface area contributed by atoms with Crippen molar-refractivity contribution in [3.63, 3.8) is 0 Å². The molecule has 0 aliphatic heterocycles. The van der Waals surface area contributed by atoms with Gasteiger partial charge >= 0.3 is 24.1 Å². The van der Waals surface area contributed by atoms with Gasteiger partial charge in [-0.05, 0) is 82.1 Å². The van der Waals surface area contributed by atoms with Gasteiger partial charge in [0.25, 0.3) is 0 Å². The van der Waals surface area contributed by atoms with Gasteiger partial charge < -0.3 is 35.3 Å². The van der Waals surface area contributed by atoms with E-state index < -0.39 is 35.3 Å². The standard InChI is InChI=1S/C25H31N3O8/c1-24(2,27-22(31)35-18-10-6-16(7-11-18)20(29)33-4)14-15-25(3,26)28-23(32)36-19-12-8-17(9-13-19)21(30)34-5/h6-13H,14-15,26H2,1-5H3,(H,27,31)(H,28,32). The van der Waals surface area contributed by atoms with Gasteiger partial charge in [-0.1, -0.05) is 0 Å². The number of nitrogens with two attached hydrogens (primary N) is 1. The molecule has 1 unspecified atom stereocenters. The first-order chi connectivity index (χ1) is 16.8. The summed E-state index contributed by atoms with van der Waals surface area (Å²) in [5.74, 6) is -0.521. The normalized spacial score (nSPS) is 12.5. The van der Waals surface area contributed by atoms with E-state index in [1.165, 1.54) is 62.8 Å². The molecule has 2 amide bonds. The maximum atomic E-state index is 12.3. The number of hydrogen-bond donors (Lipinski definition) is 3. The van der Waals surface area contributed by atoms with E-state index in [1.54, 1.807) is 20.8 Å². The van der Waals surface area contributed by atoms with Crippen molar-refractivity contribution in [3.05, 3.63) is 59.7 Å². The fourth-order valence-electron chi connectivity index (χ4n) is 3.03. The van der Waals surface area contributed by atoms with Gasteiger partial charge in [-0.2, -0.15) is 0 Å². The molecule has 0 spiro atoms. The minimum atomic E-state index is -1.14. The number of carbonyl (C=O) groups is 4. The number of nitrogens with one attached hydrogen (secondary N) is 2. The maximum Gasteiger partial charge on any atom is 0.414 e. The summed E-state index contributed by atoms with van der Waals surface area (Å²) in [6.07, 6.45) is -0.770. The zero-order chi connectivity index (χ0) is 26.9. The third-order valence-corrected chi connectivity index (χ3v) is 5.07. The van der Waals surface area contributed by atoms with E-state index in [1.807, 2.05) is 0 Å². The molecule has 0 aliphatic rings. The van der Waals surface area contributed by atoms with Crippen molar-refractivity contribution in [3.8, 4) is 11.5 Å². The molecule has 0 heterocycles. The van der Waals surface area contributed by atoms with Gasteiger partial charge in [0, 0.05) is 5.54 Å². The SMILES string of the molecule is COC(=O)c1ccc(OC(=O)NC(C)(C)CCC(C)(N)NC(=O)Oc2ccc(C(=O)OC)cc2)cc1. The second kappa shape index (κ2) is 12.0. The Morgan fingerprint density at radius 3 is 1.47 bits per heavy atom. The van der Waals surface area contributed by atoms with E-state index >= 15 is 0 Å². The highest BCUT2D eigenvalue weighted by atomic mass is 16.6. The lowest BCUT2D eigenvalue weighted by Gasteiger charge is -2.31. The smallest absolute Gasteiger partial charge is 0.414 e. The largest absolute Gasteiger partial charge is 0.465 e. The maximum absolute atomic E-state index is 12.3. The summed E-state index contributed by atoms with van der Waals surface area (Å²) < 4.78 is 19.7. The molecule has 0 aliphatic carbocycles. The molecule has 4 N–H and O–H groups in total. The lowest BCUT2D eigenvalue weighted by molar-refractivity contribution is 0.0592. The summed E-state index contributed by atoms with van der Waals surface area (Å²) in [7, 11) is 2.55. The lowest BCUT2D eigenvalue weighted by Crippen LogP contribution is -2.56. The minimum Gasteiger partial charge on any atom is -0.465 e. The van der Waals surface area contributed by atoms with E-state index in [2.05, 4.69) is 20.1 Å². The molecule has 2 rings (SSSR count). The van der Waals surface area contributed by atoms with Crippen LogP contribution in [0.15, 0.2) is 48.5 Å². The molecule has 0 bridgehead atoms. The number of hydrogen-bond acceptors (Lipinski definition) is 9. The van der Waals surface area contributed by atoms with Crippen LogP contribution < -0.4 is 25.8 Å². The van der Waals surface area contributed by atoms with Crippen LogP contribution in [0.5, 0.6) is 11.5 Å². The second-order valence-corrected chi connectivity index (χ2v) is 8.86. The topological polar surface area (TPSA) is 155 Å². The molecule has 11 heteroatoms. The summed E-state index contributed by atoms with van der Waals surface area (Å²) in [4.78, 5) is 47.6. The number of carbonyl (C=O) groups excluding carboxylic acids is 4. The first-order valence-electron chi connectivity index (χ1n) is 11.0. The predicted octanol–water partition coefficient (Wildman–Crippen LogP) is 3.37. The number of amides is 2. The summed E-state index contributed by atoms with van der Waals surface area (Å²) in [6, 6.07) is 11.8. The van der Waals surface area contributed by atoms with Crippen molar-refractivity contribution in [1.29, 1.82) is 0 Å². The third kappa shape index (κ3) is 8.91. The van der Waals surface area contributed by atoms with Crippen LogP contribution in [0.1, 0.15) is 54.3 Å². The van der Waals surface area contributed by atoms with Crippen LogP contribution in [-0.2, 0) is 9.47 Å². The van der Waals surface area contributed by atoms with Crippen LogP contribution in [0.2, 0.25) is 0 Å². The van der Waals surface area contributed by atoms with Gasteiger partial charge in [-0.15, -0.1) is 0 Å². The average Bonchev–Trinajstić information content (AvgIpc) is 2.82. The van der Waals surface area contributed by atoms with Crippen molar-refractivity contribution in [1.82, 2.24) is 10.6 Å². The molecule has 0 fully saturated rings. The second-order valence-electron chi connectivity index (χ2n) is 8.86. The summed E-state index contributed by atoms with van der Waals surface area (Å²) in [5, 5.41) is 5.33. The van der Waals surface area contributed by atoms with Gasteiger partial charge in [-0.25, -0.2) is 19.2 Å². The van der Waals surface area contributed by atoms with Crippen LogP contribution in [0.25, 0.3) is 0 Å². The van der Waals surface area contributed by atoms with E-state index in [4.69, 9.17) is 15.2 Å². The molecule has 0 aromatic heterocycles.